The van der Waals surface area contributed by atoms with Crippen molar-refractivity contribution in [2.75, 3.05) is 31.2 Å². The fraction of sp³-hybridized carbons (Fsp3) is 0.588. The summed E-state index contributed by atoms with van der Waals surface area (Å²) in [4.78, 5) is 19.5. The SMILES string of the molecule is O=C(NC1CCOCC1)C1CCCN(c2ccn3nccc3n2)C1. The molecule has 1 atom stereocenters. The minimum absolute atomic E-state index is 0.0320. The molecule has 4 heterocycles. The maximum atomic E-state index is 12.6. The standard InChI is InChI=1S/C17H23N5O2/c23-17(19-14-5-10-24-11-6-14)13-2-1-8-21(12-13)15-4-9-22-16(20-15)3-7-18-22/h3-4,7,9,13-14H,1-2,5-6,8,10-12H2,(H,19,23). The van der Waals surface area contributed by atoms with Crippen LogP contribution < -0.4 is 10.2 Å². The highest BCUT2D eigenvalue weighted by Crippen LogP contribution is 2.22. The summed E-state index contributed by atoms with van der Waals surface area (Å²) in [5.74, 6) is 1.13. The summed E-state index contributed by atoms with van der Waals surface area (Å²) in [5.41, 5.74) is 0.835. The van der Waals surface area contributed by atoms with Crippen LogP contribution in [0.4, 0.5) is 5.82 Å². The van der Waals surface area contributed by atoms with Crippen LogP contribution in [0, 0.1) is 5.92 Å². The van der Waals surface area contributed by atoms with E-state index in [1.54, 1.807) is 10.7 Å². The number of nitrogens with one attached hydrogen (secondary N) is 1. The molecule has 0 radical (unpaired) electrons. The van der Waals surface area contributed by atoms with Crippen LogP contribution in [0.2, 0.25) is 0 Å². The van der Waals surface area contributed by atoms with Crippen molar-refractivity contribution in [2.24, 2.45) is 5.92 Å². The Morgan fingerprint density at radius 2 is 2.12 bits per heavy atom. The molecule has 0 aromatic carbocycles. The number of carbonyl (C=O) groups excluding carboxylic acids is 1. The third-order valence-corrected chi connectivity index (χ3v) is 4.93. The van der Waals surface area contributed by atoms with Crippen LogP contribution in [0.3, 0.4) is 0 Å². The van der Waals surface area contributed by atoms with Gasteiger partial charge in [-0.3, -0.25) is 4.79 Å². The van der Waals surface area contributed by atoms with Crippen LogP contribution in [-0.2, 0) is 9.53 Å². The van der Waals surface area contributed by atoms with Gasteiger partial charge in [0.1, 0.15) is 5.82 Å². The molecule has 2 saturated heterocycles. The van der Waals surface area contributed by atoms with Gasteiger partial charge in [0.2, 0.25) is 5.91 Å². The fourth-order valence-electron chi connectivity index (χ4n) is 3.54. The van der Waals surface area contributed by atoms with Crippen molar-refractivity contribution in [3.8, 4) is 0 Å². The van der Waals surface area contributed by atoms with Crippen molar-refractivity contribution in [2.45, 2.75) is 31.7 Å². The van der Waals surface area contributed by atoms with Gasteiger partial charge in [-0.15, -0.1) is 0 Å². The number of piperidine rings is 1. The number of rotatable bonds is 3. The molecule has 2 fully saturated rings. The van der Waals surface area contributed by atoms with E-state index in [2.05, 4.69) is 20.3 Å². The zero-order chi connectivity index (χ0) is 16.4. The zero-order valence-corrected chi connectivity index (χ0v) is 13.7. The number of fused-ring (bicyclic) bond motifs is 1. The van der Waals surface area contributed by atoms with Gasteiger partial charge in [-0.1, -0.05) is 0 Å². The molecule has 128 valence electrons. The van der Waals surface area contributed by atoms with E-state index < -0.39 is 0 Å². The first-order chi connectivity index (χ1) is 11.8. The van der Waals surface area contributed by atoms with Crippen LogP contribution in [-0.4, -0.2) is 52.9 Å². The van der Waals surface area contributed by atoms with Crippen molar-refractivity contribution >= 4 is 17.4 Å². The molecule has 2 aromatic rings. The molecule has 0 spiro atoms. The van der Waals surface area contributed by atoms with Gasteiger partial charge in [0.05, 0.1) is 12.1 Å². The van der Waals surface area contributed by atoms with Crippen molar-refractivity contribution in [1.29, 1.82) is 0 Å². The second-order valence-corrected chi connectivity index (χ2v) is 6.60. The van der Waals surface area contributed by atoms with E-state index in [0.717, 1.165) is 63.5 Å². The second-order valence-electron chi connectivity index (χ2n) is 6.60. The van der Waals surface area contributed by atoms with E-state index in [4.69, 9.17) is 4.74 Å². The summed E-state index contributed by atoms with van der Waals surface area (Å²) in [6.45, 7) is 3.17. The molecular weight excluding hydrogens is 306 g/mol. The first kappa shape index (κ1) is 15.4. The van der Waals surface area contributed by atoms with E-state index in [1.807, 2.05) is 18.3 Å². The number of hydrogen-bond acceptors (Lipinski definition) is 5. The van der Waals surface area contributed by atoms with E-state index in [0.29, 0.717) is 0 Å². The molecule has 24 heavy (non-hydrogen) atoms. The Labute approximate surface area is 141 Å². The Bertz CT molecular complexity index is 710. The van der Waals surface area contributed by atoms with E-state index in [9.17, 15) is 4.79 Å². The van der Waals surface area contributed by atoms with Crippen molar-refractivity contribution < 1.29 is 9.53 Å². The maximum Gasteiger partial charge on any atom is 0.225 e. The largest absolute Gasteiger partial charge is 0.381 e. The molecule has 2 aliphatic heterocycles. The minimum Gasteiger partial charge on any atom is -0.381 e. The number of ether oxygens (including phenoxy) is 1. The third-order valence-electron chi connectivity index (χ3n) is 4.93. The maximum absolute atomic E-state index is 12.6. The minimum atomic E-state index is 0.0320. The molecule has 2 aromatic heterocycles. The Morgan fingerprint density at radius 3 is 3.00 bits per heavy atom. The molecule has 0 bridgehead atoms. The lowest BCUT2D eigenvalue weighted by atomic mass is 9.96. The van der Waals surface area contributed by atoms with E-state index in [1.165, 1.54) is 0 Å². The van der Waals surface area contributed by atoms with Crippen LogP contribution in [0.25, 0.3) is 5.65 Å². The quantitative estimate of drug-likeness (QED) is 0.917. The van der Waals surface area contributed by atoms with E-state index >= 15 is 0 Å². The summed E-state index contributed by atoms with van der Waals surface area (Å²) >= 11 is 0. The highest BCUT2D eigenvalue weighted by atomic mass is 16.5. The number of amides is 1. The number of aromatic nitrogens is 3. The Kier molecular flexibility index (Phi) is 4.34. The highest BCUT2D eigenvalue weighted by Gasteiger charge is 2.28. The molecule has 1 amide bonds. The van der Waals surface area contributed by atoms with Crippen molar-refractivity contribution in [1.82, 2.24) is 19.9 Å². The third kappa shape index (κ3) is 3.21. The predicted octanol–water partition coefficient (Wildman–Crippen LogP) is 1.24. The van der Waals surface area contributed by atoms with Crippen LogP contribution in [0.5, 0.6) is 0 Å². The average molecular weight is 329 g/mol. The Morgan fingerprint density at radius 1 is 1.25 bits per heavy atom. The number of carbonyl (C=O) groups is 1. The summed E-state index contributed by atoms with van der Waals surface area (Å²) in [5, 5.41) is 7.38. The number of anilines is 1. The smallest absolute Gasteiger partial charge is 0.225 e. The van der Waals surface area contributed by atoms with Gasteiger partial charge in [0.25, 0.3) is 0 Å². The molecule has 1 N–H and O–H groups in total. The van der Waals surface area contributed by atoms with Crippen LogP contribution in [0.1, 0.15) is 25.7 Å². The molecule has 2 aliphatic rings. The molecule has 4 rings (SSSR count). The van der Waals surface area contributed by atoms with Gasteiger partial charge >= 0.3 is 0 Å². The van der Waals surface area contributed by atoms with Gasteiger partial charge in [-0.2, -0.15) is 5.10 Å². The zero-order valence-electron chi connectivity index (χ0n) is 13.7. The summed E-state index contributed by atoms with van der Waals surface area (Å²) < 4.78 is 7.11. The Hall–Kier alpha value is -2.15. The first-order valence-electron chi connectivity index (χ1n) is 8.73. The monoisotopic (exact) mass is 329 g/mol. The van der Waals surface area contributed by atoms with E-state index in [-0.39, 0.29) is 17.9 Å². The summed E-state index contributed by atoms with van der Waals surface area (Å²) in [7, 11) is 0. The number of hydrogen-bond donors (Lipinski definition) is 1. The predicted molar refractivity (Wildman–Crippen MR) is 89.9 cm³/mol. The van der Waals surface area contributed by atoms with Crippen molar-refractivity contribution in [3.05, 3.63) is 24.5 Å². The van der Waals surface area contributed by atoms with Gasteiger partial charge < -0.3 is 15.0 Å². The molecule has 0 aliphatic carbocycles. The van der Waals surface area contributed by atoms with Gasteiger partial charge in [0.15, 0.2) is 5.65 Å². The fourth-order valence-corrected chi connectivity index (χ4v) is 3.54. The number of nitrogens with zero attached hydrogens (tertiary/aromatic N) is 4. The molecular formula is C17H23N5O2. The Balaban J connectivity index is 1.41. The van der Waals surface area contributed by atoms with Crippen LogP contribution >= 0.6 is 0 Å². The molecule has 7 heteroatoms. The van der Waals surface area contributed by atoms with Gasteiger partial charge in [0, 0.05) is 44.6 Å². The lowest BCUT2D eigenvalue weighted by Crippen LogP contribution is -2.47. The molecule has 1 unspecified atom stereocenters. The lowest BCUT2D eigenvalue weighted by Gasteiger charge is -2.34. The summed E-state index contributed by atoms with van der Waals surface area (Å²) in [6.07, 6.45) is 7.46. The van der Waals surface area contributed by atoms with Gasteiger partial charge in [-0.25, -0.2) is 9.50 Å². The first-order valence-corrected chi connectivity index (χ1v) is 8.73. The summed E-state index contributed by atoms with van der Waals surface area (Å²) in [6, 6.07) is 4.13. The topological polar surface area (TPSA) is 71.8 Å². The second kappa shape index (κ2) is 6.76. The van der Waals surface area contributed by atoms with Gasteiger partial charge in [-0.05, 0) is 31.7 Å². The normalized spacial score (nSPS) is 22.7. The average Bonchev–Trinajstić information content (AvgIpc) is 3.10. The molecule has 0 saturated carbocycles. The van der Waals surface area contributed by atoms with Crippen molar-refractivity contribution in [3.63, 3.8) is 0 Å². The molecule has 7 nitrogen and oxygen atoms in total. The lowest BCUT2D eigenvalue weighted by molar-refractivity contribution is -0.126. The van der Waals surface area contributed by atoms with Crippen LogP contribution in [0.15, 0.2) is 24.5 Å². The highest BCUT2D eigenvalue weighted by molar-refractivity contribution is 5.79.